The van der Waals surface area contributed by atoms with Crippen molar-refractivity contribution in [3.05, 3.63) is 12.7 Å². The Morgan fingerprint density at radius 3 is 2.39 bits per heavy atom. The number of rotatable bonds is 7. The van der Waals surface area contributed by atoms with E-state index in [1.165, 1.54) is 32.1 Å². The molecule has 1 aliphatic rings. The van der Waals surface area contributed by atoms with Gasteiger partial charge in [0.1, 0.15) is 0 Å². The topological polar surface area (TPSA) is 46.2 Å². The number of hydrogen-bond acceptors (Lipinski definition) is 2. The standard InChI is InChI=1S/C16H31NO/c1-4-14(12(2)3)11-16(18)15(17)10-13-8-6-5-7-9-13/h4,12-16,18H,1,5-11,17H2,2-3H3/t14?,15-,16-/m0/s1. The molecule has 106 valence electrons. The molecule has 0 aromatic rings. The van der Waals surface area contributed by atoms with Crippen LogP contribution in [0.25, 0.3) is 0 Å². The first-order valence-corrected chi connectivity index (χ1v) is 7.60. The van der Waals surface area contributed by atoms with E-state index in [1.807, 2.05) is 6.08 Å². The molecular formula is C16H31NO. The van der Waals surface area contributed by atoms with E-state index in [1.54, 1.807) is 0 Å². The second-order valence-corrected chi connectivity index (χ2v) is 6.35. The van der Waals surface area contributed by atoms with E-state index in [9.17, 15) is 5.11 Å². The quantitative estimate of drug-likeness (QED) is 0.682. The molecule has 0 radical (unpaired) electrons. The van der Waals surface area contributed by atoms with Crippen LogP contribution in [0.4, 0.5) is 0 Å². The molecular weight excluding hydrogens is 222 g/mol. The molecule has 0 heterocycles. The van der Waals surface area contributed by atoms with Gasteiger partial charge in [-0.3, -0.25) is 0 Å². The third kappa shape index (κ3) is 5.11. The monoisotopic (exact) mass is 253 g/mol. The SMILES string of the molecule is C=CC(C[C@H](O)[C@@H](N)CC1CCCCC1)C(C)C. The van der Waals surface area contributed by atoms with Crippen LogP contribution in [0.3, 0.4) is 0 Å². The maximum absolute atomic E-state index is 10.2. The molecule has 0 spiro atoms. The lowest BCUT2D eigenvalue weighted by molar-refractivity contribution is 0.100. The van der Waals surface area contributed by atoms with Gasteiger partial charge in [-0.15, -0.1) is 6.58 Å². The van der Waals surface area contributed by atoms with Crippen molar-refractivity contribution in [2.75, 3.05) is 0 Å². The van der Waals surface area contributed by atoms with Crippen molar-refractivity contribution in [3.63, 3.8) is 0 Å². The van der Waals surface area contributed by atoms with Gasteiger partial charge in [0, 0.05) is 6.04 Å². The largest absolute Gasteiger partial charge is 0.391 e. The molecule has 0 aliphatic heterocycles. The maximum Gasteiger partial charge on any atom is 0.0696 e. The predicted molar refractivity (Wildman–Crippen MR) is 78.3 cm³/mol. The van der Waals surface area contributed by atoms with Gasteiger partial charge in [0.25, 0.3) is 0 Å². The summed E-state index contributed by atoms with van der Waals surface area (Å²) in [7, 11) is 0. The Labute approximate surface area is 113 Å². The van der Waals surface area contributed by atoms with E-state index >= 15 is 0 Å². The minimum atomic E-state index is -0.377. The van der Waals surface area contributed by atoms with Gasteiger partial charge in [0.15, 0.2) is 0 Å². The number of aliphatic hydroxyl groups excluding tert-OH is 1. The van der Waals surface area contributed by atoms with Gasteiger partial charge in [-0.1, -0.05) is 52.0 Å². The molecule has 0 bridgehead atoms. The van der Waals surface area contributed by atoms with E-state index in [0.29, 0.717) is 11.8 Å². The number of aliphatic hydroxyl groups is 1. The third-order valence-electron chi connectivity index (χ3n) is 4.50. The summed E-state index contributed by atoms with van der Waals surface area (Å²) in [5, 5.41) is 10.2. The summed E-state index contributed by atoms with van der Waals surface area (Å²) in [6.45, 7) is 8.20. The Bertz CT molecular complexity index is 233. The lowest BCUT2D eigenvalue weighted by Gasteiger charge is -2.29. The van der Waals surface area contributed by atoms with Crippen LogP contribution >= 0.6 is 0 Å². The molecule has 18 heavy (non-hydrogen) atoms. The van der Waals surface area contributed by atoms with E-state index < -0.39 is 0 Å². The molecule has 1 rings (SSSR count). The Hall–Kier alpha value is -0.340. The Morgan fingerprint density at radius 1 is 1.28 bits per heavy atom. The lowest BCUT2D eigenvalue weighted by Crippen LogP contribution is -2.38. The van der Waals surface area contributed by atoms with Crippen molar-refractivity contribution in [1.29, 1.82) is 0 Å². The molecule has 0 aromatic heterocycles. The lowest BCUT2D eigenvalue weighted by atomic mass is 9.81. The second-order valence-electron chi connectivity index (χ2n) is 6.35. The van der Waals surface area contributed by atoms with Crippen LogP contribution in [0.5, 0.6) is 0 Å². The average Bonchev–Trinajstić information content (AvgIpc) is 2.36. The molecule has 1 aliphatic carbocycles. The molecule has 1 unspecified atom stereocenters. The molecule has 3 atom stereocenters. The summed E-state index contributed by atoms with van der Waals surface area (Å²) in [6, 6.07) is -0.0608. The van der Waals surface area contributed by atoms with Crippen molar-refractivity contribution in [3.8, 4) is 0 Å². The minimum Gasteiger partial charge on any atom is -0.391 e. The van der Waals surface area contributed by atoms with Crippen LogP contribution in [0.2, 0.25) is 0 Å². The van der Waals surface area contributed by atoms with Gasteiger partial charge in [-0.2, -0.15) is 0 Å². The molecule has 0 saturated heterocycles. The van der Waals surface area contributed by atoms with Crippen LogP contribution in [0.1, 0.15) is 58.8 Å². The average molecular weight is 253 g/mol. The van der Waals surface area contributed by atoms with Crippen molar-refractivity contribution in [1.82, 2.24) is 0 Å². The zero-order valence-corrected chi connectivity index (χ0v) is 12.1. The van der Waals surface area contributed by atoms with Crippen molar-refractivity contribution < 1.29 is 5.11 Å². The van der Waals surface area contributed by atoms with Gasteiger partial charge in [-0.05, 0) is 30.6 Å². The Kier molecular flexibility index (Phi) is 6.95. The van der Waals surface area contributed by atoms with Crippen LogP contribution in [0.15, 0.2) is 12.7 Å². The minimum absolute atomic E-state index is 0.0608. The zero-order valence-electron chi connectivity index (χ0n) is 12.1. The maximum atomic E-state index is 10.2. The van der Waals surface area contributed by atoms with Crippen LogP contribution < -0.4 is 5.73 Å². The predicted octanol–water partition coefficient (Wildman–Crippen LogP) is 3.49. The van der Waals surface area contributed by atoms with E-state index in [4.69, 9.17) is 5.73 Å². The van der Waals surface area contributed by atoms with Gasteiger partial charge >= 0.3 is 0 Å². The Morgan fingerprint density at radius 2 is 1.89 bits per heavy atom. The first kappa shape index (κ1) is 15.7. The molecule has 1 saturated carbocycles. The fourth-order valence-electron chi connectivity index (χ4n) is 3.06. The van der Waals surface area contributed by atoms with Crippen LogP contribution in [0, 0.1) is 17.8 Å². The van der Waals surface area contributed by atoms with Crippen molar-refractivity contribution in [2.45, 2.75) is 70.9 Å². The smallest absolute Gasteiger partial charge is 0.0696 e. The van der Waals surface area contributed by atoms with Crippen molar-refractivity contribution >= 4 is 0 Å². The summed E-state index contributed by atoms with van der Waals surface area (Å²) >= 11 is 0. The highest BCUT2D eigenvalue weighted by molar-refractivity contribution is 4.87. The number of nitrogens with two attached hydrogens (primary N) is 1. The van der Waals surface area contributed by atoms with Gasteiger partial charge < -0.3 is 10.8 Å². The van der Waals surface area contributed by atoms with Gasteiger partial charge in [-0.25, -0.2) is 0 Å². The molecule has 3 N–H and O–H groups in total. The number of allylic oxidation sites excluding steroid dienone is 1. The summed E-state index contributed by atoms with van der Waals surface area (Å²) in [5.41, 5.74) is 6.17. The summed E-state index contributed by atoms with van der Waals surface area (Å²) < 4.78 is 0. The highest BCUT2D eigenvalue weighted by Gasteiger charge is 2.24. The summed E-state index contributed by atoms with van der Waals surface area (Å²) in [6.07, 6.45) is 9.99. The van der Waals surface area contributed by atoms with Gasteiger partial charge in [0.2, 0.25) is 0 Å². The highest BCUT2D eigenvalue weighted by Crippen LogP contribution is 2.28. The van der Waals surface area contributed by atoms with Crippen LogP contribution in [-0.2, 0) is 0 Å². The van der Waals surface area contributed by atoms with E-state index in [2.05, 4.69) is 20.4 Å². The van der Waals surface area contributed by atoms with Gasteiger partial charge in [0.05, 0.1) is 6.10 Å². The summed E-state index contributed by atoms with van der Waals surface area (Å²) in [4.78, 5) is 0. The molecule has 1 fully saturated rings. The van der Waals surface area contributed by atoms with Crippen molar-refractivity contribution in [2.24, 2.45) is 23.5 Å². The van der Waals surface area contributed by atoms with E-state index in [0.717, 1.165) is 18.8 Å². The third-order valence-corrected chi connectivity index (χ3v) is 4.50. The Balaban J connectivity index is 2.35. The number of hydrogen-bond donors (Lipinski definition) is 2. The second kappa shape index (κ2) is 7.96. The highest BCUT2D eigenvalue weighted by atomic mass is 16.3. The van der Waals surface area contributed by atoms with Crippen LogP contribution in [-0.4, -0.2) is 17.3 Å². The summed E-state index contributed by atoms with van der Waals surface area (Å²) in [5.74, 6) is 1.64. The fraction of sp³-hybridized carbons (Fsp3) is 0.875. The first-order chi connectivity index (χ1) is 8.54. The molecule has 0 aromatic carbocycles. The van der Waals surface area contributed by atoms with E-state index in [-0.39, 0.29) is 12.1 Å². The normalized spacial score (nSPS) is 22.7. The molecule has 2 heteroatoms. The zero-order chi connectivity index (χ0) is 13.5. The fourth-order valence-corrected chi connectivity index (χ4v) is 3.06. The molecule has 2 nitrogen and oxygen atoms in total. The molecule has 0 amide bonds. The first-order valence-electron chi connectivity index (χ1n) is 7.60.